The van der Waals surface area contributed by atoms with Gasteiger partial charge in [-0.15, -0.1) is 0 Å². The Bertz CT molecular complexity index is 475. The first kappa shape index (κ1) is 23.4. The van der Waals surface area contributed by atoms with E-state index in [4.69, 9.17) is 0 Å². The molecule has 0 nitrogen and oxygen atoms in total. The van der Waals surface area contributed by atoms with Crippen LogP contribution in [0.25, 0.3) is 0 Å². The maximum atomic E-state index is 12.1. The zero-order chi connectivity index (χ0) is 18.5. The molecule has 0 saturated carbocycles. The minimum absolute atomic E-state index is 0.171. The zero-order valence-corrected chi connectivity index (χ0v) is 14.6. The van der Waals surface area contributed by atoms with Crippen LogP contribution in [0.15, 0.2) is 48.5 Å². The largest absolute Gasteiger partial charge is 0.416 e. The zero-order valence-electron chi connectivity index (χ0n) is 14.6. The molecule has 0 unspecified atom stereocenters. The summed E-state index contributed by atoms with van der Waals surface area (Å²) in [6.07, 6.45) is -4.21. The molecule has 0 aliphatic carbocycles. The van der Waals surface area contributed by atoms with Crippen LogP contribution in [0.5, 0.6) is 0 Å². The van der Waals surface area contributed by atoms with E-state index < -0.39 is 11.7 Å². The van der Waals surface area contributed by atoms with Gasteiger partial charge in [0, 0.05) is 0 Å². The number of rotatable bonds is 0. The summed E-state index contributed by atoms with van der Waals surface area (Å²) < 4.78 is 47.8. The van der Waals surface area contributed by atoms with Gasteiger partial charge in [-0.3, -0.25) is 0 Å². The fourth-order valence-electron chi connectivity index (χ4n) is 1.28. The molecule has 0 radical (unpaired) electrons. The third-order valence-corrected chi connectivity index (χ3v) is 2.39. The lowest BCUT2D eigenvalue weighted by molar-refractivity contribution is -0.137. The van der Waals surface area contributed by atoms with E-state index in [1.165, 1.54) is 24.3 Å². The van der Waals surface area contributed by atoms with Gasteiger partial charge in [0.25, 0.3) is 0 Å². The summed E-state index contributed by atoms with van der Waals surface area (Å²) >= 11 is 0. The summed E-state index contributed by atoms with van der Waals surface area (Å²) in [5, 5.41) is 0. The van der Waals surface area contributed by atoms with Crippen molar-refractivity contribution in [2.45, 2.75) is 47.7 Å². The van der Waals surface area contributed by atoms with Crippen LogP contribution in [0.3, 0.4) is 0 Å². The van der Waals surface area contributed by atoms with Crippen LogP contribution in [-0.4, -0.2) is 0 Å². The molecule has 130 valence electrons. The van der Waals surface area contributed by atoms with Crippen molar-refractivity contribution in [2.24, 2.45) is 0 Å². The van der Waals surface area contributed by atoms with Crippen LogP contribution in [0.1, 0.15) is 44.4 Å². The first-order valence-corrected chi connectivity index (χ1v) is 7.65. The summed E-state index contributed by atoms with van der Waals surface area (Å²) in [4.78, 5) is 0. The SMILES string of the molecule is CC.CC.Cc1ccc(C(F)(F)F)cc1.Cc1ccc(F)cc1. The molecule has 0 saturated heterocycles. The highest BCUT2D eigenvalue weighted by Crippen LogP contribution is 2.28. The third kappa shape index (κ3) is 11.4. The van der Waals surface area contributed by atoms with Crippen LogP contribution in [0.2, 0.25) is 0 Å². The highest BCUT2D eigenvalue weighted by Gasteiger charge is 2.29. The van der Waals surface area contributed by atoms with E-state index >= 15 is 0 Å². The van der Waals surface area contributed by atoms with Crippen molar-refractivity contribution in [1.82, 2.24) is 0 Å². The molecule has 0 aliphatic rings. The van der Waals surface area contributed by atoms with E-state index in [0.29, 0.717) is 0 Å². The maximum Gasteiger partial charge on any atom is 0.416 e. The minimum atomic E-state index is -4.21. The van der Waals surface area contributed by atoms with E-state index in [1.54, 1.807) is 19.1 Å². The lowest BCUT2D eigenvalue weighted by atomic mass is 10.1. The second kappa shape index (κ2) is 12.7. The van der Waals surface area contributed by atoms with Gasteiger partial charge in [0.1, 0.15) is 5.82 Å². The van der Waals surface area contributed by atoms with Crippen LogP contribution in [0.4, 0.5) is 17.6 Å². The Balaban J connectivity index is 0. The minimum Gasteiger partial charge on any atom is -0.207 e. The van der Waals surface area contributed by atoms with Gasteiger partial charge in [0.2, 0.25) is 0 Å². The lowest BCUT2D eigenvalue weighted by Gasteiger charge is -2.05. The molecular formula is C19H26F4. The normalized spacial score (nSPS) is 9.30. The Morgan fingerprint density at radius 3 is 1.17 bits per heavy atom. The number of alkyl halides is 3. The van der Waals surface area contributed by atoms with E-state index in [0.717, 1.165) is 23.3 Å². The molecule has 2 rings (SSSR count). The average Bonchev–Trinajstić information content (AvgIpc) is 2.54. The lowest BCUT2D eigenvalue weighted by Crippen LogP contribution is -2.03. The van der Waals surface area contributed by atoms with Crippen LogP contribution in [-0.2, 0) is 6.18 Å². The number of halogens is 4. The summed E-state index contributed by atoms with van der Waals surface area (Å²) in [5.41, 5.74) is 1.33. The van der Waals surface area contributed by atoms with Gasteiger partial charge in [0.05, 0.1) is 5.56 Å². The average molecular weight is 330 g/mol. The monoisotopic (exact) mass is 330 g/mol. The third-order valence-electron chi connectivity index (χ3n) is 2.39. The Labute approximate surface area is 137 Å². The van der Waals surface area contributed by atoms with Gasteiger partial charge < -0.3 is 0 Å². The fraction of sp³-hybridized carbons (Fsp3) is 0.368. The first-order valence-electron chi connectivity index (χ1n) is 7.65. The Morgan fingerprint density at radius 1 is 0.609 bits per heavy atom. The Morgan fingerprint density at radius 2 is 0.913 bits per heavy atom. The van der Waals surface area contributed by atoms with Gasteiger partial charge in [0.15, 0.2) is 0 Å². The molecule has 0 fully saturated rings. The number of hydrogen-bond donors (Lipinski definition) is 0. The fourth-order valence-corrected chi connectivity index (χ4v) is 1.28. The van der Waals surface area contributed by atoms with Gasteiger partial charge in [-0.05, 0) is 38.1 Å². The molecular weight excluding hydrogens is 304 g/mol. The highest BCUT2D eigenvalue weighted by molar-refractivity contribution is 5.23. The summed E-state index contributed by atoms with van der Waals surface area (Å²) in [5.74, 6) is -0.171. The molecule has 2 aromatic carbocycles. The van der Waals surface area contributed by atoms with Gasteiger partial charge in [-0.25, -0.2) is 4.39 Å². The summed E-state index contributed by atoms with van der Waals surface area (Å²) in [6, 6.07) is 11.5. The van der Waals surface area contributed by atoms with Crippen LogP contribution < -0.4 is 0 Å². The first-order chi connectivity index (χ1) is 10.8. The molecule has 0 N–H and O–H groups in total. The molecule has 0 spiro atoms. The number of benzene rings is 2. The molecule has 0 amide bonds. The van der Waals surface area contributed by atoms with Crippen molar-refractivity contribution in [1.29, 1.82) is 0 Å². The molecule has 2 aromatic rings. The van der Waals surface area contributed by atoms with E-state index in [2.05, 4.69) is 0 Å². The summed E-state index contributed by atoms with van der Waals surface area (Å²) in [6.45, 7) is 11.7. The standard InChI is InChI=1S/C8H7F3.C7H7F.2C2H6/c1-6-2-4-7(5-3-6)8(9,10)11;1-6-2-4-7(8)5-3-6;2*1-2/h2-5H,1H3;2-5H,1H3;2*1-2H3. The molecule has 23 heavy (non-hydrogen) atoms. The van der Waals surface area contributed by atoms with Crippen LogP contribution in [0, 0.1) is 19.7 Å². The van der Waals surface area contributed by atoms with Crippen LogP contribution >= 0.6 is 0 Å². The van der Waals surface area contributed by atoms with Crippen molar-refractivity contribution >= 4 is 0 Å². The highest BCUT2D eigenvalue weighted by atomic mass is 19.4. The second-order valence-electron chi connectivity index (χ2n) is 4.16. The second-order valence-corrected chi connectivity index (χ2v) is 4.16. The van der Waals surface area contributed by atoms with Crippen molar-refractivity contribution in [3.05, 3.63) is 71.0 Å². The van der Waals surface area contributed by atoms with Crippen molar-refractivity contribution in [2.75, 3.05) is 0 Å². The maximum absolute atomic E-state index is 12.1. The predicted octanol–water partition coefficient (Wildman–Crippen LogP) is 7.20. The Kier molecular flexibility index (Phi) is 12.9. The smallest absolute Gasteiger partial charge is 0.207 e. The van der Waals surface area contributed by atoms with Crippen molar-refractivity contribution in [3.8, 4) is 0 Å². The van der Waals surface area contributed by atoms with Gasteiger partial charge >= 0.3 is 6.18 Å². The van der Waals surface area contributed by atoms with Crippen molar-refractivity contribution in [3.63, 3.8) is 0 Å². The van der Waals surface area contributed by atoms with E-state index in [9.17, 15) is 17.6 Å². The topological polar surface area (TPSA) is 0 Å². The number of aryl methyl sites for hydroxylation is 2. The van der Waals surface area contributed by atoms with E-state index in [1.807, 2.05) is 34.6 Å². The molecule has 0 bridgehead atoms. The van der Waals surface area contributed by atoms with E-state index in [-0.39, 0.29) is 5.82 Å². The molecule has 0 atom stereocenters. The molecule has 0 aliphatic heterocycles. The molecule has 4 heteroatoms. The van der Waals surface area contributed by atoms with Gasteiger partial charge in [-0.1, -0.05) is 63.1 Å². The molecule has 0 aromatic heterocycles. The van der Waals surface area contributed by atoms with Crippen molar-refractivity contribution < 1.29 is 17.6 Å². The quantitative estimate of drug-likeness (QED) is 0.448. The summed E-state index contributed by atoms with van der Waals surface area (Å²) in [7, 11) is 0. The van der Waals surface area contributed by atoms with Gasteiger partial charge in [-0.2, -0.15) is 13.2 Å². The molecule has 0 heterocycles. The predicted molar refractivity (Wildman–Crippen MR) is 90.0 cm³/mol. The Hall–Kier alpha value is -1.84. The number of hydrogen-bond acceptors (Lipinski definition) is 0.